The van der Waals surface area contributed by atoms with Crippen LogP contribution in [-0.4, -0.2) is 24.4 Å². The van der Waals surface area contributed by atoms with Gasteiger partial charge in [0.1, 0.15) is 22.7 Å². The van der Waals surface area contributed by atoms with Crippen molar-refractivity contribution in [1.29, 1.82) is 0 Å². The van der Waals surface area contributed by atoms with Gasteiger partial charge in [-0.15, -0.1) is 0 Å². The van der Waals surface area contributed by atoms with Gasteiger partial charge in [-0.1, -0.05) is 90.6 Å². The van der Waals surface area contributed by atoms with Crippen LogP contribution >= 0.6 is 11.8 Å². The Morgan fingerprint density at radius 3 is 2.37 bits per heavy atom. The number of hydrogen-bond donors (Lipinski definition) is 0. The van der Waals surface area contributed by atoms with Gasteiger partial charge in [0, 0.05) is 17.9 Å². The van der Waals surface area contributed by atoms with Crippen molar-refractivity contribution in [3.8, 4) is 0 Å². The highest BCUT2D eigenvalue weighted by molar-refractivity contribution is 7.98. The Labute approximate surface area is 206 Å². The van der Waals surface area contributed by atoms with Crippen LogP contribution < -0.4 is 0 Å². The topological polar surface area (TPSA) is 86.7 Å². The van der Waals surface area contributed by atoms with E-state index in [1.807, 2.05) is 59.2 Å². The third kappa shape index (κ3) is 5.28. The summed E-state index contributed by atoms with van der Waals surface area (Å²) in [6.45, 7) is 0.589. The fraction of sp³-hybridized carbons (Fsp3) is 0.0741. The molecule has 0 saturated heterocycles. The molecule has 0 radical (unpaired) electrons. The molecular formula is C27H21N5O2S. The van der Waals surface area contributed by atoms with Gasteiger partial charge in [0.2, 0.25) is 0 Å². The van der Waals surface area contributed by atoms with E-state index in [0.717, 1.165) is 33.1 Å². The molecule has 172 valence electrons. The van der Waals surface area contributed by atoms with Gasteiger partial charge in [-0.3, -0.25) is 10.1 Å². The number of non-ortho nitro benzene ring substituents is 1. The molecule has 0 unspecified atom stereocenters. The molecule has 5 rings (SSSR count). The van der Waals surface area contributed by atoms with E-state index in [1.54, 1.807) is 30.2 Å². The number of nitro benzene ring substituents is 1. The van der Waals surface area contributed by atoms with Gasteiger partial charge >= 0.3 is 0 Å². The second-order valence-electron chi connectivity index (χ2n) is 7.85. The van der Waals surface area contributed by atoms with Crippen LogP contribution in [0.4, 0.5) is 5.69 Å². The van der Waals surface area contributed by atoms with E-state index in [0.29, 0.717) is 12.4 Å². The van der Waals surface area contributed by atoms with Gasteiger partial charge in [0.15, 0.2) is 5.65 Å². The lowest BCUT2D eigenvalue weighted by molar-refractivity contribution is -0.384. The lowest BCUT2D eigenvalue weighted by atomic mass is 10.2. The molecule has 0 atom stereocenters. The molecule has 5 aromatic rings. The minimum atomic E-state index is -0.395. The van der Waals surface area contributed by atoms with Crippen LogP contribution in [-0.2, 0) is 12.3 Å². The largest absolute Gasteiger partial charge is 0.305 e. The van der Waals surface area contributed by atoms with Crippen molar-refractivity contribution >= 4 is 40.8 Å². The highest BCUT2D eigenvalue weighted by atomic mass is 32.2. The quantitative estimate of drug-likeness (QED) is 0.113. The van der Waals surface area contributed by atoms with Gasteiger partial charge < -0.3 is 4.57 Å². The third-order valence-corrected chi connectivity index (χ3v) is 6.49. The van der Waals surface area contributed by atoms with Gasteiger partial charge in [-0.25, -0.2) is 15.0 Å². The summed E-state index contributed by atoms with van der Waals surface area (Å²) in [4.78, 5) is 24.7. The van der Waals surface area contributed by atoms with E-state index in [4.69, 9.17) is 4.98 Å². The predicted octanol–water partition coefficient (Wildman–Crippen LogP) is 6.25. The summed E-state index contributed by atoms with van der Waals surface area (Å²) in [5.41, 5.74) is 4.59. The minimum Gasteiger partial charge on any atom is -0.305 e. The SMILES string of the molecule is O=[N+]([O-])c1cccc(/C=C/c2nc3c(SCc4ccccc4)ncnc3n2Cc2ccccc2)c1. The summed E-state index contributed by atoms with van der Waals surface area (Å²) in [5.74, 6) is 1.48. The van der Waals surface area contributed by atoms with E-state index in [2.05, 4.69) is 34.2 Å². The van der Waals surface area contributed by atoms with Gasteiger partial charge in [0.05, 0.1) is 11.5 Å². The Balaban J connectivity index is 1.53. The van der Waals surface area contributed by atoms with E-state index < -0.39 is 4.92 Å². The molecule has 0 fully saturated rings. The summed E-state index contributed by atoms with van der Waals surface area (Å²) in [5, 5.41) is 12.0. The molecule has 8 heteroatoms. The molecule has 35 heavy (non-hydrogen) atoms. The van der Waals surface area contributed by atoms with Gasteiger partial charge in [-0.05, 0) is 22.8 Å². The number of fused-ring (bicyclic) bond motifs is 1. The zero-order valence-electron chi connectivity index (χ0n) is 18.7. The van der Waals surface area contributed by atoms with Crippen molar-refractivity contribution in [2.75, 3.05) is 0 Å². The summed E-state index contributed by atoms with van der Waals surface area (Å²) >= 11 is 1.62. The van der Waals surface area contributed by atoms with Crippen molar-refractivity contribution in [3.63, 3.8) is 0 Å². The molecular weight excluding hydrogens is 458 g/mol. The maximum Gasteiger partial charge on any atom is 0.270 e. The number of rotatable bonds is 8. The van der Waals surface area contributed by atoms with Crippen molar-refractivity contribution in [2.45, 2.75) is 17.3 Å². The van der Waals surface area contributed by atoms with Crippen LogP contribution in [0.25, 0.3) is 23.3 Å². The number of benzene rings is 3. The van der Waals surface area contributed by atoms with E-state index in [1.165, 1.54) is 11.6 Å². The fourth-order valence-electron chi connectivity index (χ4n) is 3.73. The maximum atomic E-state index is 11.2. The lowest BCUT2D eigenvalue weighted by Gasteiger charge is -2.07. The number of nitrogens with zero attached hydrogens (tertiary/aromatic N) is 5. The average molecular weight is 480 g/mol. The molecule has 0 saturated carbocycles. The minimum absolute atomic E-state index is 0.0513. The highest BCUT2D eigenvalue weighted by Gasteiger charge is 2.16. The van der Waals surface area contributed by atoms with Crippen LogP contribution in [0, 0.1) is 10.1 Å². The van der Waals surface area contributed by atoms with Crippen molar-refractivity contribution in [1.82, 2.24) is 19.5 Å². The molecule has 0 bridgehead atoms. The average Bonchev–Trinajstić information content (AvgIpc) is 3.25. The Bertz CT molecular complexity index is 1500. The zero-order valence-corrected chi connectivity index (χ0v) is 19.5. The predicted molar refractivity (Wildman–Crippen MR) is 139 cm³/mol. The molecule has 0 spiro atoms. The maximum absolute atomic E-state index is 11.2. The zero-order chi connectivity index (χ0) is 24.0. The first-order valence-electron chi connectivity index (χ1n) is 11.0. The van der Waals surface area contributed by atoms with Crippen molar-refractivity contribution < 1.29 is 4.92 Å². The standard InChI is InChI=1S/C27H21N5O2S/c33-32(34)23-13-7-12-20(16-23)14-15-24-30-25-26(31(24)17-21-8-3-1-4-9-21)28-19-29-27(25)35-18-22-10-5-2-6-11-22/h1-16,19H,17-18H2/b15-14+. The number of aromatic nitrogens is 4. The van der Waals surface area contributed by atoms with E-state index in [9.17, 15) is 10.1 Å². The Hall–Kier alpha value is -4.30. The van der Waals surface area contributed by atoms with Crippen LogP contribution in [0.1, 0.15) is 22.5 Å². The molecule has 0 aliphatic rings. The van der Waals surface area contributed by atoms with Crippen LogP contribution in [0.2, 0.25) is 0 Å². The molecule has 0 aliphatic heterocycles. The highest BCUT2D eigenvalue weighted by Crippen LogP contribution is 2.28. The second kappa shape index (κ2) is 10.3. The molecule has 2 aromatic heterocycles. The fourth-order valence-corrected chi connectivity index (χ4v) is 4.62. The van der Waals surface area contributed by atoms with Gasteiger partial charge in [-0.2, -0.15) is 0 Å². The molecule has 0 aliphatic carbocycles. The molecule has 0 N–H and O–H groups in total. The lowest BCUT2D eigenvalue weighted by Crippen LogP contribution is -2.03. The number of hydrogen-bond acceptors (Lipinski definition) is 6. The second-order valence-corrected chi connectivity index (χ2v) is 8.82. The smallest absolute Gasteiger partial charge is 0.270 e. The summed E-state index contributed by atoms with van der Waals surface area (Å²) in [6.07, 6.45) is 5.28. The number of nitro groups is 1. The Morgan fingerprint density at radius 1 is 0.886 bits per heavy atom. The van der Waals surface area contributed by atoms with Crippen molar-refractivity contribution in [3.05, 3.63) is 124 Å². The summed E-state index contributed by atoms with van der Waals surface area (Å²) in [6, 6.07) is 26.9. The molecule has 2 heterocycles. The third-order valence-electron chi connectivity index (χ3n) is 5.44. The molecule has 3 aromatic carbocycles. The monoisotopic (exact) mass is 479 g/mol. The summed E-state index contributed by atoms with van der Waals surface area (Å²) < 4.78 is 2.05. The number of thioether (sulfide) groups is 1. The van der Waals surface area contributed by atoms with Crippen LogP contribution in [0.5, 0.6) is 0 Å². The van der Waals surface area contributed by atoms with E-state index >= 15 is 0 Å². The first-order valence-corrected chi connectivity index (χ1v) is 12.0. The van der Waals surface area contributed by atoms with Crippen LogP contribution in [0.15, 0.2) is 96.3 Å². The molecule has 7 nitrogen and oxygen atoms in total. The normalized spacial score (nSPS) is 11.3. The molecule has 0 amide bonds. The number of imidazole rings is 1. The van der Waals surface area contributed by atoms with Gasteiger partial charge in [0.25, 0.3) is 5.69 Å². The first kappa shape index (κ1) is 22.5. The Kier molecular flexibility index (Phi) is 6.63. The van der Waals surface area contributed by atoms with E-state index in [-0.39, 0.29) is 5.69 Å². The Morgan fingerprint density at radius 2 is 1.63 bits per heavy atom. The first-order chi connectivity index (χ1) is 17.2. The van der Waals surface area contributed by atoms with Crippen molar-refractivity contribution in [2.24, 2.45) is 0 Å². The van der Waals surface area contributed by atoms with Crippen LogP contribution in [0.3, 0.4) is 0 Å². The summed E-state index contributed by atoms with van der Waals surface area (Å²) in [7, 11) is 0.